The Bertz CT molecular complexity index is 872. The van der Waals surface area contributed by atoms with Gasteiger partial charge in [-0.05, 0) is 64.5 Å². The van der Waals surface area contributed by atoms with E-state index in [4.69, 9.17) is 4.42 Å². The van der Waals surface area contributed by atoms with Crippen molar-refractivity contribution < 1.29 is 14.0 Å². The van der Waals surface area contributed by atoms with E-state index in [0.717, 1.165) is 8.66 Å². The van der Waals surface area contributed by atoms with E-state index in [0.29, 0.717) is 17.8 Å². The lowest BCUT2D eigenvalue weighted by atomic mass is 10.2. The number of carbonyl (C=O) groups is 2. The van der Waals surface area contributed by atoms with Crippen molar-refractivity contribution in [2.75, 3.05) is 12.4 Å². The molecule has 0 aliphatic rings. The van der Waals surface area contributed by atoms with Crippen molar-refractivity contribution in [2.24, 2.45) is 0 Å². The fraction of sp³-hybridized carbons (Fsp3) is 0.111. The van der Waals surface area contributed by atoms with Gasteiger partial charge in [-0.1, -0.05) is 0 Å². The highest BCUT2D eigenvalue weighted by atomic mass is 79.9. The van der Waals surface area contributed by atoms with Gasteiger partial charge in [-0.15, -0.1) is 11.3 Å². The van der Waals surface area contributed by atoms with E-state index < -0.39 is 0 Å². The van der Waals surface area contributed by atoms with Crippen LogP contribution in [0, 0.1) is 0 Å². The molecule has 128 valence electrons. The minimum Gasteiger partial charge on any atom is -0.459 e. The summed E-state index contributed by atoms with van der Waals surface area (Å²) in [7, 11) is 1.77. The van der Waals surface area contributed by atoms with Crippen LogP contribution in [-0.4, -0.2) is 23.8 Å². The van der Waals surface area contributed by atoms with E-state index in [1.165, 1.54) is 6.26 Å². The molecule has 0 radical (unpaired) electrons. The highest BCUT2D eigenvalue weighted by Gasteiger charge is 2.14. The Labute approximate surface area is 157 Å². The molecule has 2 aromatic heterocycles. The molecule has 7 heteroatoms. The molecule has 0 unspecified atom stereocenters. The van der Waals surface area contributed by atoms with Crippen LogP contribution in [0.25, 0.3) is 0 Å². The molecule has 3 rings (SSSR count). The Morgan fingerprint density at radius 2 is 1.92 bits per heavy atom. The zero-order chi connectivity index (χ0) is 17.8. The van der Waals surface area contributed by atoms with Gasteiger partial charge < -0.3 is 14.6 Å². The van der Waals surface area contributed by atoms with Gasteiger partial charge in [0.2, 0.25) is 0 Å². The maximum atomic E-state index is 12.5. The smallest absolute Gasteiger partial charge is 0.291 e. The zero-order valence-electron chi connectivity index (χ0n) is 13.4. The van der Waals surface area contributed by atoms with Crippen LogP contribution in [0.5, 0.6) is 0 Å². The van der Waals surface area contributed by atoms with Gasteiger partial charge in [0.25, 0.3) is 11.8 Å². The van der Waals surface area contributed by atoms with Crippen molar-refractivity contribution in [1.29, 1.82) is 0 Å². The van der Waals surface area contributed by atoms with E-state index in [1.54, 1.807) is 59.7 Å². The number of carbonyl (C=O) groups excluding carboxylic acids is 2. The van der Waals surface area contributed by atoms with Gasteiger partial charge in [-0.25, -0.2) is 0 Å². The summed E-state index contributed by atoms with van der Waals surface area (Å²) in [6.45, 7) is 0.548. The first-order chi connectivity index (χ1) is 12.0. The van der Waals surface area contributed by atoms with Crippen LogP contribution in [0.15, 0.2) is 63.0 Å². The van der Waals surface area contributed by atoms with Crippen molar-refractivity contribution in [1.82, 2.24) is 4.90 Å². The number of hydrogen-bond donors (Lipinski definition) is 1. The first kappa shape index (κ1) is 17.4. The molecule has 0 aliphatic carbocycles. The fourth-order valence-electron chi connectivity index (χ4n) is 2.26. The molecule has 0 saturated carbocycles. The van der Waals surface area contributed by atoms with Crippen LogP contribution in [0.1, 0.15) is 25.8 Å². The summed E-state index contributed by atoms with van der Waals surface area (Å²) < 4.78 is 6.09. The first-order valence-electron chi connectivity index (χ1n) is 7.47. The molecule has 3 aromatic rings. The topological polar surface area (TPSA) is 62.6 Å². The molecule has 1 N–H and O–H groups in total. The third-order valence-electron chi connectivity index (χ3n) is 3.50. The van der Waals surface area contributed by atoms with Crippen molar-refractivity contribution in [3.8, 4) is 0 Å². The lowest BCUT2D eigenvalue weighted by molar-refractivity contribution is 0.0786. The number of halogens is 1. The van der Waals surface area contributed by atoms with Crippen molar-refractivity contribution in [3.05, 3.63) is 74.8 Å². The fourth-order valence-corrected chi connectivity index (χ4v) is 3.80. The lowest BCUT2D eigenvalue weighted by Gasteiger charge is -2.16. The second kappa shape index (κ2) is 7.67. The maximum absolute atomic E-state index is 12.5. The molecular weight excluding hydrogens is 404 g/mol. The summed E-state index contributed by atoms with van der Waals surface area (Å²) in [5.41, 5.74) is 1.16. The maximum Gasteiger partial charge on any atom is 0.291 e. The Kier molecular flexibility index (Phi) is 5.35. The van der Waals surface area contributed by atoms with Gasteiger partial charge in [0, 0.05) is 23.2 Å². The van der Waals surface area contributed by atoms with Gasteiger partial charge in [0.05, 0.1) is 16.6 Å². The third kappa shape index (κ3) is 4.37. The van der Waals surface area contributed by atoms with Crippen molar-refractivity contribution >= 4 is 44.8 Å². The van der Waals surface area contributed by atoms with Crippen LogP contribution < -0.4 is 5.32 Å². The summed E-state index contributed by atoms with van der Waals surface area (Å²) in [6, 6.07) is 14.0. The number of hydrogen-bond acceptors (Lipinski definition) is 4. The summed E-state index contributed by atoms with van der Waals surface area (Å²) >= 11 is 5.02. The average molecular weight is 419 g/mol. The second-order valence-electron chi connectivity index (χ2n) is 5.38. The summed E-state index contributed by atoms with van der Waals surface area (Å²) in [6.07, 6.45) is 1.44. The average Bonchev–Trinajstić information content (AvgIpc) is 3.27. The number of thiophene rings is 1. The molecule has 0 saturated heterocycles. The third-order valence-corrected chi connectivity index (χ3v) is 5.11. The number of benzene rings is 1. The van der Waals surface area contributed by atoms with E-state index in [-0.39, 0.29) is 17.6 Å². The Morgan fingerprint density at radius 3 is 2.52 bits per heavy atom. The Morgan fingerprint density at radius 1 is 1.16 bits per heavy atom. The molecule has 0 atom stereocenters. The molecule has 0 spiro atoms. The van der Waals surface area contributed by atoms with Crippen molar-refractivity contribution in [3.63, 3.8) is 0 Å². The Balaban J connectivity index is 1.63. The van der Waals surface area contributed by atoms with Gasteiger partial charge in [-0.3, -0.25) is 9.59 Å². The van der Waals surface area contributed by atoms with E-state index in [1.807, 2.05) is 12.1 Å². The quantitative estimate of drug-likeness (QED) is 0.656. The lowest BCUT2D eigenvalue weighted by Crippen LogP contribution is -2.25. The summed E-state index contributed by atoms with van der Waals surface area (Å²) in [5.74, 6) is -0.167. The summed E-state index contributed by atoms with van der Waals surface area (Å²) in [4.78, 5) is 27.2. The minimum absolute atomic E-state index is 0.0755. The van der Waals surface area contributed by atoms with Gasteiger partial charge in [0.15, 0.2) is 5.76 Å². The van der Waals surface area contributed by atoms with Crippen LogP contribution in [0.3, 0.4) is 0 Å². The number of rotatable bonds is 5. The molecular formula is C18H15BrN2O3S. The van der Waals surface area contributed by atoms with Crippen LogP contribution in [0.2, 0.25) is 0 Å². The van der Waals surface area contributed by atoms with Gasteiger partial charge in [0.1, 0.15) is 0 Å². The zero-order valence-corrected chi connectivity index (χ0v) is 15.8. The van der Waals surface area contributed by atoms with Gasteiger partial charge >= 0.3 is 0 Å². The molecule has 25 heavy (non-hydrogen) atoms. The molecule has 2 heterocycles. The first-order valence-corrected chi connectivity index (χ1v) is 9.08. The molecule has 0 aliphatic heterocycles. The second-order valence-corrected chi connectivity index (χ2v) is 7.92. The molecule has 0 bridgehead atoms. The number of nitrogens with one attached hydrogen (secondary N) is 1. The van der Waals surface area contributed by atoms with Crippen LogP contribution in [-0.2, 0) is 6.54 Å². The van der Waals surface area contributed by atoms with Crippen LogP contribution in [0.4, 0.5) is 5.69 Å². The molecule has 0 fully saturated rings. The predicted molar refractivity (Wildman–Crippen MR) is 101 cm³/mol. The number of nitrogens with zero attached hydrogens (tertiary/aromatic N) is 1. The standard InChI is InChI=1S/C18H15BrN2O3S/c1-21(11-14-8-9-16(19)25-14)18(23)12-4-6-13(7-5-12)20-17(22)15-3-2-10-24-15/h2-10H,11H2,1H3,(H,20,22). The highest BCUT2D eigenvalue weighted by Crippen LogP contribution is 2.23. The Hall–Kier alpha value is -2.38. The SMILES string of the molecule is CN(Cc1ccc(Br)s1)C(=O)c1ccc(NC(=O)c2ccco2)cc1. The van der Waals surface area contributed by atoms with E-state index >= 15 is 0 Å². The number of amides is 2. The number of anilines is 1. The summed E-state index contributed by atoms with van der Waals surface area (Å²) in [5, 5.41) is 2.72. The van der Waals surface area contributed by atoms with Crippen molar-refractivity contribution in [2.45, 2.75) is 6.54 Å². The monoisotopic (exact) mass is 418 g/mol. The van der Waals surface area contributed by atoms with E-state index in [2.05, 4.69) is 21.2 Å². The predicted octanol–water partition coefficient (Wildman–Crippen LogP) is 4.63. The molecule has 1 aromatic carbocycles. The minimum atomic E-state index is -0.329. The van der Waals surface area contributed by atoms with E-state index in [9.17, 15) is 9.59 Å². The highest BCUT2D eigenvalue weighted by molar-refractivity contribution is 9.11. The van der Waals surface area contributed by atoms with Gasteiger partial charge in [-0.2, -0.15) is 0 Å². The number of furan rings is 1. The largest absolute Gasteiger partial charge is 0.459 e. The van der Waals surface area contributed by atoms with Crippen LogP contribution >= 0.6 is 27.3 Å². The normalized spacial score (nSPS) is 10.5. The molecule has 2 amide bonds. The molecule has 5 nitrogen and oxygen atoms in total.